The Morgan fingerprint density at radius 3 is 3.10 bits per heavy atom. The highest BCUT2D eigenvalue weighted by Gasteiger charge is 2.04. The molecule has 0 saturated carbocycles. The summed E-state index contributed by atoms with van der Waals surface area (Å²) in [5, 5.41) is 0. The van der Waals surface area contributed by atoms with Gasteiger partial charge < -0.3 is 4.74 Å². The van der Waals surface area contributed by atoms with Crippen LogP contribution in [-0.4, -0.2) is 5.97 Å². The van der Waals surface area contributed by atoms with Crippen LogP contribution in [0.5, 0.6) is 0 Å². The highest BCUT2D eigenvalue weighted by Crippen LogP contribution is 2.11. The van der Waals surface area contributed by atoms with Gasteiger partial charge >= 0.3 is 5.97 Å². The van der Waals surface area contributed by atoms with Crippen molar-refractivity contribution in [3.63, 3.8) is 0 Å². The first-order valence-corrected chi connectivity index (χ1v) is 3.39. The van der Waals surface area contributed by atoms with Gasteiger partial charge in [-0.2, -0.15) is 0 Å². The van der Waals surface area contributed by atoms with Crippen molar-refractivity contribution in [2.24, 2.45) is 0 Å². The monoisotopic (exact) mass is 138 g/mol. The average molecular weight is 138 g/mol. The predicted molar refractivity (Wildman–Crippen MR) is 38.2 cm³/mol. The van der Waals surface area contributed by atoms with Gasteiger partial charge in [0.2, 0.25) is 0 Å². The first-order valence-electron chi connectivity index (χ1n) is 3.39. The van der Waals surface area contributed by atoms with Gasteiger partial charge in [-0.05, 0) is 6.08 Å². The zero-order valence-corrected chi connectivity index (χ0v) is 5.96. The minimum absolute atomic E-state index is 0.157. The maximum atomic E-state index is 10.7. The Morgan fingerprint density at radius 1 is 1.80 bits per heavy atom. The van der Waals surface area contributed by atoms with Crippen LogP contribution < -0.4 is 0 Å². The van der Waals surface area contributed by atoms with Gasteiger partial charge in [-0.3, -0.25) is 4.79 Å². The summed E-state index contributed by atoms with van der Waals surface area (Å²) in [7, 11) is 0. The average Bonchev–Trinajstić information content (AvgIpc) is 2.40. The van der Waals surface area contributed by atoms with Crippen LogP contribution in [0.1, 0.15) is 19.8 Å². The van der Waals surface area contributed by atoms with E-state index < -0.39 is 0 Å². The molecule has 2 heteroatoms. The van der Waals surface area contributed by atoms with Gasteiger partial charge in [-0.15, -0.1) is 0 Å². The van der Waals surface area contributed by atoms with E-state index in [-0.39, 0.29) is 5.97 Å². The second-order valence-corrected chi connectivity index (χ2v) is 2.09. The second-order valence-electron chi connectivity index (χ2n) is 2.09. The molecule has 0 spiro atoms. The topological polar surface area (TPSA) is 26.3 Å². The summed E-state index contributed by atoms with van der Waals surface area (Å²) in [6, 6.07) is 0. The molecule has 1 rings (SSSR count). The summed E-state index contributed by atoms with van der Waals surface area (Å²) in [6.07, 6.45) is 6.85. The van der Waals surface area contributed by atoms with E-state index in [9.17, 15) is 4.79 Å². The number of rotatable bonds is 2. The van der Waals surface area contributed by atoms with E-state index in [4.69, 9.17) is 4.74 Å². The molecule has 1 aliphatic rings. The minimum Gasteiger partial charge on any atom is -0.431 e. The lowest BCUT2D eigenvalue weighted by molar-refractivity contribution is -0.139. The molecule has 0 aromatic rings. The molecule has 0 amide bonds. The quantitative estimate of drug-likeness (QED) is 0.544. The summed E-state index contributed by atoms with van der Waals surface area (Å²) in [6.45, 7) is 1.78. The fourth-order valence-corrected chi connectivity index (χ4v) is 0.722. The highest BCUT2D eigenvalue weighted by molar-refractivity contribution is 5.70. The molecule has 10 heavy (non-hydrogen) atoms. The Labute approximate surface area is 60.2 Å². The van der Waals surface area contributed by atoms with E-state index in [1.165, 1.54) is 0 Å². The molecule has 0 aliphatic heterocycles. The van der Waals surface area contributed by atoms with Crippen molar-refractivity contribution in [3.05, 3.63) is 24.0 Å². The molecule has 1 aliphatic carbocycles. The molecule has 0 heterocycles. The second kappa shape index (κ2) is 3.20. The van der Waals surface area contributed by atoms with Crippen molar-refractivity contribution < 1.29 is 9.53 Å². The van der Waals surface area contributed by atoms with Crippen molar-refractivity contribution >= 4 is 5.97 Å². The van der Waals surface area contributed by atoms with Crippen LogP contribution in [0.15, 0.2) is 24.0 Å². The van der Waals surface area contributed by atoms with Crippen LogP contribution in [0.4, 0.5) is 0 Å². The molecule has 0 radical (unpaired) electrons. The predicted octanol–water partition coefficient (Wildman–Crippen LogP) is 1.78. The van der Waals surface area contributed by atoms with Crippen LogP contribution in [0, 0.1) is 0 Å². The maximum absolute atomic E-state index is 10.7. The number of hydrogen-bond donors (Lipinski definition) is 0. The van der Waals surface area contributed by atoms with E-state index in [2.05, 4.69) is 0 Å². The van der Waals surface area contributed by atoms with Gasteiger partial charge in [0.1, 0.15) is 5.76 Å². The highest BCUT2D eigenvalue weighted by atomic mass is 16.5. The summed E-state index contributed by atoms with van der Waals surface area (Å²) < 4.78 is 4.92. The van der Waals surface area contributed by atoms with E-state index in [0.717, 1.165) is 12.2 Å². The fraction of sp³-hybridized carbons (Fsp3) is 0.375. The summed E-state index contributed by atoms with van der Waals surface area (Å²) in [5.41, 5.74) is 0. The van der Waals surface area contributed by atoms with Crippen LogP contribution in [-0.2, 0) is 9.53 Å². The molecular weight excluding hydrogens is 128 g/mol. The molecule has 0 atom stereocenters. The first-order chi connectivity index (χ1) is 4.83. The fourth-order valence-electron chi connectivity index (χ4n) is 0.722. The van der Waals surface area contributed by atoms with Gasteiger partial charge in [0.25, 0.3) is 0 Å². The lowest BCUT2D eigenvalue weighted by Gasteiger charge is -2.00. The standard InChI is InChI=1S/C8H10O2/c1-2-8(9)10-7-5-3-4-6-7/h3-5H,2,6H2,1H3. The Kier molecular flexibility index (Phi) is 2.26. The molecule has 2 nitrogen and oxygen atoms in total. The minimum atomic E-state index is -0.157. The first kappa shape index (κ1) is 7.06. The third-order valence-corrected chi connectivity index (χ3v) is 1.27. The van der Waals surface area contributed by atoms with Crippen LogP contribution in [0.25, 0.3) is 0 Å². The maximum Gasteiger partial charge on any atom is 0.310 e. The van der Waals surface area contributed by atoms with Crippen LogP contribution in [0.3, 0.4) is 0 Å². The molecule has 0 unspecified atom stereocenters. The van der Waals surface area contributed by atoms with Gasteiger partial charge in [0.15, 0.2) is 0 Å². The molecule has 0 aromatic heterocycles. The Morgan fingerprint density at radius 2 is 2.60 bits per heavy atom. The third kappa shape index (κ3) is 1.72. The molecule has 0 fully saturated rings. The van der Waals surface area contributed by atoms with Crippen LogP contribution >= 0.6 is 0 Å². The lowest BCUT2D eigenvalue weighted by Crippen LogP contribution is -2.00. The SMILES string of the molecule is CCC(=O)OC1=CC=CC1. The lowest BCUT2D eigenvalue weighted by atomic mass is 10.4. The van der Waals surface area contributed by atoms with E-state index >= 15 is 0 Å². The smallest absolute Gasteiger partial charge is 0.310 e. The van der Waals surface area contributed by atoms with Crippen LogP contribution in [0.2, 0.25) is 0 Å². The normalized spacial score (nSPS) is 15.1. The molecule has 0 bridgehead atoms. The number of allylic oxidation sites excluding steroid dienone is 3. The Bertz CT molecular complexity index is 189. The van der Waals surface area contributed by atoms with Gasteiger partial charge in [-0.25, -0.2) is 0 Å². The Balaban J connectivity index is 2.33. The van der Waals surface area contributed by atoms with Crippen molar-refractivity contribution in [3.8, 4) is 0 Å². The number of carbonyl (C=O) groups is 1. The molecule has 54 valence electrons. The molecule has 0 aromatic carbocycles. The van der Waals surface area contributed by atoms with Gasteiger partial charge in [0.05, 0.1) is 0 Å². The summed E-state index contributed by atoms with van der Waals surface area (Å²) in [4.78, 5) is 10.7. The molecule has 0 N–H and O–H groups in total. The van der Waals surface area contributed by atoms with Crippen molar-refractivity contribution in [2.45, 2.75) is 19.8 Å². The zero-order chi connectivity index (χ0) is 7.40. The number of carbonyl (C=O) groups excluding carboxylic acids is 1. The van der Waals surface area contributed by atoms with E-state index in [1.807, 2.05) is 18.2 Å². The number of esters is 1. The van der Waals surface area contributed by atoms with Gasteiger partial charge in [0, 0.05) is 12.8 Å². The van der Waals surface area contributed by atoms with Crippen molar-refractivity contribution in [1.82, 2.24) is 0 Å². The summed E-state index contributed by atoms with van der Waals surface area (Å²) in [5.74, 6) is 0.599. The molecular formula is C8H10O2. The third-order valence-electron chi connectivity index (χ3n) is 1.27. The largest absolute Gasteiger partial charge is 0.431 e. The van der Waals surface area contributed by atoms with E-state index in [0.29, 0.717) is 6.42 Å². The Hall–Kier alpha value is -1.05. The summed E-state index contributed by atoms with van der Waals surface area (Å²) >= 11 is 0. The van der Waals surface area contributed by atoms with Crippen molar-refractivity contribution in [2.75, 3.05) is 0 Å². The van der Waals surface area contributed by atoms with Crippen molar-refractivity contribution in [1.29, 1.82) is 0 Å². The number of hydrogen-bond acceptors (Lipinski definition) is 2. The van der Waals surface area contributed by atoms with E-state index in [1.54, 1.807) is 6.92 Å². The zero-order valence-electron chi connectivity index (χ0n) is 5.96. The molecule has 0 saturated heterocycles. The van der Waals surface area contributed by atoms with Gasteiger partial charge in [-0.1, -0.05) is 19.1 Å². The number of ether oxygens (including phenoxy) is 1.